The molecule has 0 aromatic rings. The third-order valence-corrected chi connectivity index (χ3v) is 5.88. The van der Waals surface area contributed by atoms with E-state index in [0.29, 0.717) is 17.1 Å². The minimum Gasteiger partial charge on any atom is -0.361 e. The van der Waals surface area contributed by atoms with Gasteiger partial charge in [-0.25, -0.2) is 4.39 Å². The summed E-state index contributed by atoms with van der Waals surface area (Å²) >= 11 is 0.966. The van der Waals surface area contributed by atoms with Crippen molar-refractivity contribution < 1.29 is 9.18 Å². The number of hydrogen-bond donors (Lipinski definition) is 1. The Hall–Kier alpha value is -0.580. The van der Waals surface area contributed by atoms with Crippen molar-refractivity contribution in [1.29, 1.82) is 0 Å². The van der Waals surface area contributed by atoms with E-state index >= 15 is 0 Å². The van der Waals surface area contributed by atoms with Crippen LogP contribution in [-0.2, 0) is 4.79 Å². The van der Waals surface area contributed by atoms with Crippen molar-refractivity contribution in [3.63, 3.8) is 0 Å². The number of hydrogen-bond acceptors (Lipinski definition) is 3. The largest absolute Gasteiger partial charge is 0.361 e. The molecule has 18 heavy (non-hydrogen) atoms. The van der Waals surface area contributed by atoms with Gasteiger partial charge < -0.3 is 5.32 Å². The van der Waals surface area contributed by atoms with Gasteiger partial charge in [-0.3, -0.25) is 4.79 Å². The zero-order valence-electron chi connectivity index (χ0n) is 10.8. The Bertz CT molecular complexity index is 412. The lowest BCUT2D eigenvalue weighted by Gasteiger charge is -2.24. The molecule has 1 unspecified atom stereocenters. The summed E-state index contributed by atoms with van der Waals surface area (Å²) in [6.07, 6.45) is 5.04. The monoisotopic (exact) mass is 270 g/mol. The van der Waals surface area contributed by atoms with E-state index in [9.17, 15) is 9.18 Å². The molecule has 3 rings (SSSR count). The van der Waals surface area contributed by atoms with Crippen LogP contribution in [0.5, 0.6) is 0 Å². The standard InChI is InChI=1S/C13H19FN2OS/c1-7(2)13(14)11(17)16-12(18-13)15-10-6-8-3-4-9(10)5-8/h7-10H,3-6H2,1-2H3,(H,15,16,17)/t8-,9+,10+,13?/m1/s1. The Morgan fingerprint density at radius 2 is 2.22 bits per heavy atom. The fraction of sp³-hybridized carbons (Fsp3) is 0.846. The van der Waals surface area contributed by atoms with Crippen LogP contribution < -0.4 is 5.32 Å². The first-order valence-corrected chi connectivity index (χ1v) is 7.58. The molecule has 4 atom stereocenters. The SMILES string of the molecule is CC(C)C1(F)SC(N[C@H]2C[C@@H]3CC[C@H]2C3)=NC1=O. The third kappa shape index (κ3) is 1.87. The summed E-state index contributed by atoms with van der Waals surface area (Å²) in [5.41, 5.74) is 0. The van der Waals surface area contributed by atoms with Gasteiger partial charge in [0.2, 0.25) is 5.00 Å². The Balaban J connectivity index is 1.65. The normalized spacial score (nSPS) is 42.8. The molecule has 1 N–H and O–H groups in total. The lowest BCUT2D eigenvalue weighted by Crippen LogP contribution is -2.37. The number of alkyl halides is 1. The van der Waals surface area contributed by atoms with Crippen molar-refractivity contribution in [2.75, 3.05) is 0 Å². The van der Waals surface area contributed by atoms with E-state index in [1.54, 1.807) is 13.8 Å². The highest BCUT2D eigenvalue weighted by molar-refractivity contribution is 8.16. The molecule has 0 spiro atoms. The van der Waals surface area contributed by atoms with Gasteiger partial charge in [-0.2, -0.15) is 4.99 Å². The highest BCUT2D eigenvalue weighted by Gasteiger charge is 2.50. The lowest BCUT2D eigenvalue weighted by molar-refractivity contribution is -0.125. The van der Waals surface area contributed by atoms with Crippen LogP contribution >= 0.6 is 11.8 Å². The van der Waals surface area contributed by atoms with Crippen molar-refractivity contribution >= 4 is 22.8 Å². The first-order valence-electron chi connectivity index (χ1n) is 6.76. The van der Waals surface area contributed by atoms with Gasteiger partial charge in [-0.05, 0) is 42.9 Å². The second-order valence-electron chi connectivity index (χ2n) is 6.05. The number of halogens is 1. The van der Waals surface area contributed by atoms with Gasteiger partial charge in [-0.15, -0.1) is 0 Å². The Morgan fingerprint density at radius 1 is 1.44 bits per heavy atom. The van der Waals surface area contributed by atoms with Crippen LogP contribution in [0, 0.1) is 17.8 Å². The van der Waals surface area contributed by atoms with E-state index in [4.69, 9.17) is 0 Å². The summed E-state index contributed by atoms with van der Waals surface area (Å²) in [4.78, 5) is 15.5. The van der Waals surface area contributed by atoms with Crippen LogP contribution in [0.2, 0.25) is 0 Å². The smallest absolute Gasteiger partial charge is 0.297 e. The number of nitrogens with one attached hydrogen (secondary N) is 1. The zero-order chi connectivity index (χ0) is 12.9. The van der Waals surface area contributed by atoms with Crippen LogP contribution in [0.15, 0.2) is 4.99 Å². The van der Waals surface area contributed by atoms with Crippen molar-refractivity contribution in [1.82, 2.24) is 5.32 Å². The van der Waals surface area contributed by atoms with E-state index in [1.807, 2.05) is 0 Å². The Kier molecular flexibility index (Phi) is 2.92. The molecule has 1 amide bonds. The van der Waals surface area contributed by atoms with E-state index in [0.717, 1.165) is 24.1 Å². The lowest BCUT2D eigenvalue weighted by atomic mass is 9.96. The average molecular weight is 270 g/mol. The third-order valence-electron chi connectivity index (χ3n) is 4.53. The first-order chi connectivity index (χ1) is 8.49. The summed E-state index contributed by atoms with van der Waals surface area (Å²) in [6.45, 7) is 3.45. The predicted molar refractivity (Wildman–Crippen MR) is 71.1 cm³/mol. The second-order valence-corrected chi connectivity index (χ2v) is 7.23. The van der Waals surface area contributed by atoms with Gasteiger partial charge in [0.05, 0.1) is 0 Å². The summed E-state index contributed by atoms with van der Waals surface area (Å²) < 4.78 is 14.4. The summed E-state index contributed by atoms with van der Waals surface area (Å²) in [5, 5.41) is 1.93. The van der Waals surface area contributed by atoms with Crippen molar-refractivity contribution in [2.24, 2.45) is 22.7 Å². The van der Waals surface area contributed by atoms with Crippen LogP contribution in [0.4, 0.5) is 4.39 Å². The molecule has 0 radical (unpaired) electrons. The molecule has 1 heterocycles. The summed E-state index contributed by atoms with van der Waals surface area (Å²) in [5.74, 6) is 0.545. The van der Waals surface area contributed by atoms with Crippen molar-refractivity contribution in [3.05, 3.63) is 0 Å². The van der Waals surface area contributed by atoms with Crippen LogP contribution in [0.3, 0.4) is 0 Å². The molecule has 5 heteroatoms. The molecule has 2 aliphatic carbocycles. The van der Waals surface area contributed by atoms with Gasteiger partial charge in [0.25, 0.3) is 5.91 Å². The maximum Gasteiger partial charge on any atom is 0.297 e. The minimum atomic E-state index is -1.86. The summed E-state index contributed by atoms with van der Waals surface area (Å²) in [7, 11) is 0. The predicted octanol–water partition coefficient (Wildman–Crippen LogP) is 2.72. The number of amides is 1. The maximum absolute atomic E-state index is 14.4. The zero-order valence-corrected chi connectivity index (χ0v) is 11.6. The Morgan fingerprint density at radius 3 is 2.72 bits per heavy atom. The maximum atomic E-state index is 14.4. The fourth-order valence-electron chi connectivity index (χ4n) is 3.38. The number of amidine groups is 1. The molecular weight excluding hydrogens is 251 g/mol. The number of carbonyl (C=O) groups is 1. The van der Waals surface area contributed by atoms with Gasteiger partial charge in [0.1, 0.15) is 0 Å². The molecule has 0 aromatic carbocycles. The molecule has 3 aliphatic rings. The minimum absolute atomic E-state index is 0.349. The Labute approximate surface area is 111 Å². The van der Waals surface area contributed by atoms with E-state index in [2.05, 4.69) is 10.3 Å². The molecule has 0 saturated heterocycles. The highest BCUT2D eigenvalue weighted by Crippen LogP contribution is 2.46. The van der Waals surface area contributed by atoms with Gasteiger partial charge in [0, 0.05) is 12.0 Å². The molecule has 0 aromatic heterocycles. The van der Waals surface area contributed by atoms with Gasteiger partial charge in [-0.1, -0.05) is 20.3 Å². The first kappa shape index (κ1) is 12.5. The van der Waals surface area contributed by atoms with Crippen LogP contribution in [-0.4, -0.2) is 22.1 Å². The topological polar surface area (TPSA) is 41.5 Å². The average Bonchev–Trinajstić information content (AvgIpc) is 2.95. The number of rotatable bonds is 2. The molecule has 2 fully saturated rings. The fourth-order valence-corrected chi connectivity index (χ4v) is 4.37. The molecule has 2 bridgehead atoms. The van der Waals surface area contributed by atoms with Crippen LogP contribution in [0.25, 0.3) is 0 Å². The second kappa shape index (κ2) is 4.22. The van der Waals surface area contributed by atoms with Crippen molar-refractivity contribution in [2.45, 2.75) is 50.6 Å². The number of fused-ring (bicyclic) bond motifs is 2. The highest BCUT2D eigenvalue weighted by atomic mass is 32.2. The number of thioether (sulfide) groups is 1. The van der Waals surface area contributed by atoms with Crippen molar-refractivity contribution in [3.8, 4) is 0 Å². The van der Waals surface area contributed by atoms with Gasteiger partial charge >= 0.3 is 0 Å². The van der Waals surface area contributed by atoms with Crippen LogP contribution in [0.1, 0.15) is 39.5 Å². The summed E-state index contributed by atoms with van der Waals surface area (Å²) in [6, 6.07) is 0.400. The van der Waals surface area contributed by atoms with E-state index in [-0.39, 0.29) is 5.92 Å². The number of aliphatic imine (C=N–C) groups is 1. The molecule has 1 aliphatic heterocycles. The number of nitrogens with zero attached hydrogens (tertiary/aromatic N) is 1. The molecule has 100 valence electrons. The van der Waals surface area contributed by atoms with Gasteiger partial charge in [0.15, 0.2) is 5.17 Å². The van der Waals surface area contributed by atoms with E-state index < -0.39 is 10.9 Å². The van der Waals surface area contributed by atoms with E-state index in [1.165, 1.54) is 19.3 Å². The molecular formula is C13H19FN2OS. The molecule has 3 nitrogen and oxygen atoms in total. The molecule has 2 saturated carbocycles. The number of carbonyl (C=O) groups excluding carboxylic acids is 1. The quantitative estimate of drug-likeness (QED) is 0.839.